The molecule has 0 radical (unpaired) electrons. The van der Waals surface area contributed by atoms with E-state index in [1.807, 2.05) is 67.6 Å². The van der Waals surface area contributed by atoms with Crippen LogP contribution in [0.15, 0.2) is 84.9 Å². The topological polar surface area (TPSA) is 49.4 Å². The molecule has 0 aliphatic rings. The Morgan fingerprint density at radius 1 is 0.844 bits per heavy atom. The number of carbonyl (C=O) groups excluding carboxylic acids is 2. The minimum Gasteiger partial charge on any atom is -0.354 e. The number of rotatable bonds is 10. The molecule has 1 atom stereocenters. The summed E-state index contributed by atoms with van der Waals surface area (Å²) in [5, 5.41) is 2.95. The summed E-state index contributed by atoms with van der Waals surface area (Å²) in [7, 11) is 0. The molecular weight excluding hydrogens is 403 g/mol. The number of halogens is 1. The van der Waals surface area contributed by atoms with E-state index in [1.165, 1.54) is 12.1 Å². The summed E-state index contributed by atoms with van der Waals surface area (Å²) < 4.78 is 13.4. The molecule has 0 heterocycles. The van der Waals surface area contributed by atoms with E-state index in [2.05, 4.69) is 5.32 Å². The van der Waals surface area contributed by atoms with E-state index in [4.69, 9.17) is 0 Å². The summed E-state index contributed by atoms with van der Waals surface area (Å²) in [6.07, 6.45) is 1.40. The van der Waals surface area contributed by atoms with Crippen LogP contribution in [0.3, 0.4) is 0 Å². The number of hydrogen-bond acceptors (Lipinski definition) is 2. The van der Waals surface area contributed by atoms with E-state index >= 15 is 0 Å². The fourth-order valence-electron chi connectivity index (χ4n) is 3.58. The van der Waals surface area contributed by atoms with Crippen molar-refractivity contribution < 1.29 is 14.0 Å². The smallest absolute Gasteiger partial charge is 0.243 e. The van der Waals surface area contributed by atoms with Gasteiger partial charge in [0.2, 0.25) is 11.8 Å². The van der Waals surface area contributed by atoms with Gasteiger partial charge >= 0.3 is 0 Å². The molecule has 0 fully saturated rings. The normalized spacial score (nSPS) is 11.6. The second-order valence-electron chi connectivity index (χ2n) is 7.81. The molecule has 5 heteroatoms. The zero-order valence-corrected chi connectivity index (χ0v) is 18.3. The zero-order chi connectivity index (χ0) is 22.8. The van der Waals surface area contributed by atoms with Crippen molar-refractivity contribution in [2.24, 2.45) is 0 Å². The van der Waals surface area contributed by atoms with E-state index < -0.39 is 6.04 Å². The van der Waals surface area contributed by atoms with Gasteiger partial charge in [-0.1, -0.05) is 79.7 Å². The highest BCUT2D eigenvalue weighted by atomic mass is 19.1. The molecule has 0 saturated heterocycles. The fourth-order valence-corrected chi connectivity index (χ4v) is 3.58. The Hall–Kier alpha value is -3.47. The Morgan fingerprint density at radius 3 is 2.03 bits per heavy atom. The lowest BCUT2D eigenvalue weighted by atomic mass is 10.0. The van der Waals surface area contributed by atoms with Crippen molar-refractivity contribution in [2.45, 2.75) is 38.8 Å². The Balaban J connectivity index is 1.93. The van der Waals surface area contributed by atoms with Gasteiger partial charge in [-0.25, -0.2) is 4.39 Å². The number of hydrogen-bond donors (Lipinski definition) is 1. The second kappa shape index (κ2) is 11.8. The maximum Gasteiger partial charge on any atom is 0.243 e. The summed E-state index contributed by atoms with van der Waals surface area (Å²) in [5.41, 5.74) is 2.63. The van der Waals surface area contributed by atoms with Crippen LogP contribution in [-0.2, 0) is 29.0 Å². The van der Waals surface area contributed by atoms with Crippen molar-refractivity contribution in [1.82, 2.24) is 10.2 Å². The van der Waals surface area contributed by atoms with E-state index in [-0.39, 0.29) is 30.6 Å². The van der Waals surface area contributed by atoms with Gasteiger partial charge in [-0.15, -0.1) is 0 Å². The summed E-state index contributed by atoms with van der Waals surface area (Å²) in [6.45, 7) is 2.76. The first-order chi connectivity index (χ1) is 15.6. The molecule has 3 aromatic rings. The quantitative estimate of drug-likeness (QED) is 0.512. The monoisotopic (exact) mass is 432 g/mol. The molecule has 3 aromatic carbocycles. The third-order valence-electron chi connectivity index (χ3n) is 5.28. The molecule has 0 aliphatic heterocycles. The van der Waals surface area contributed by atoms with Gasteiger partial charge in [0.05, 0.1) is 6.42 Å². The van der Waals surface area contributed by atoms with Crippen LogP contribution in [0.5, 0.6) is 0 Å². The summed E-state index contributed by atoms with van der Waals surface area (Å²) in [6, 6.07) is 24.5. The first kappa shape index (κ1) is 23.2. The molecule has 166 valence electrons. The summed E-state index contributed by atoms with van der Waals surface area (Å²) >= 11 is 0. The largest absolute Gasteiger partial charge is 0.354 e. The average molecular weight is 433 g/mol. The van der Waals surface area contributed by atoms with Crippen LogP contribution in [-0.4, -0.2) is 29.3 Å². The van der Waals surface area contributed by atoms with Crippen molar-refractivity contribution in [2.75, 3.05) is 6.54 Å². The van der Waals surface area contributed by atoms with Gasteiger partial charge < -0.3 is 10.2 Å². The Bertz CT molecular complexity index is 991. The molecular formula is C27H29FN2O2. The Labute approximate surface area is 189 Å². The van der Waals surface area contributed by atoms with Crippen LogP contribution >= 0.6 is 0 Å². The lowest BCUT2D eigenvalue weighted by Gasteiger charge is -2.31. The molecule has 0 saturated carbocycles. The number of amides is 2. The predicted octanol–water partition coefficient (Wildman–Crippen LogP) is 4.53. The van der Waals surface area contributed by atoms with Crippen molar-refractivity contribution in [1.29, 1.82) is 0 Å². The van der Waals surface area contributed by atoms with Gasteiger partial charge in [0, 0.05) is 19.5 Å². The molecule has 32 heavy (non-hydrogen) atoms. The second-order valence-corrected chi connectivity index (χ2v) is 7.81. The highest BCUT2D eigenvalue weighted by molar-refractivity contribution is 5.88. The standard InChI is InChI=1S/C27H29FN2O2/c1-2-17-29-27(32)25(18-21-9-5-3-6-10-21)30(20-23-13-15-24(28)16-14-23)26(31)19-22-11-7-4-8-12-22/h3-16,25H,2,17-20H2,1H3,(H,29,32)/t25-/m1/s1. The Morgan fingerprint density at radius 2 is 1.44 bits per heavy atom. The minimum absolute atomic E-state index is 0.145. The minimum atomic E-state index is -0.676. The number of benzene rings is 3. The molecule has 1 N–H and O–H groups in total. The summed E-state index contributed by atoms with van der Waals surface area (Å²) in [5.74, 6) is -0.662. The van der Waals surface area contributed by atoms with Gasteiger partial charge in [-0.3, -0.25) is 9.59 Å². The molecule has 0 bridgehead atoms. The highest BCUT2D eigenvalue weighted by Gasteiger charge is 2.30. The van der Waals surface area contributed by atoms with E-state index in [1.54, 1.807) is 17.0 Å². The van der Waals surface area contributed by atoms with E-state index in [9.17, 15) is 14.0 Å². The molecule has 0 unspecified atom stereocenters. The lowest BCUT2D eigenvalue weighted by molar-refractivity contribution is -0.140. The zero-order valence-electron chi connectivity index (χ0n) is 18.3. The van der Waals surface area contributed by atoms with Crippen molar-refractivity contribution >= 4 is 11.8 Å². The van der Waals surface area contributed by atoms with Crippen molar-refractivity contribution in [3.8, 4) is 0 Å². The predicted molar refractivity (Wildman–Crippen MR) is 124 cm³/mol. The lowest BCUT2D eigenvalue weighted by Crippen LogP contribution is -2.51. The van der Waals surface area contributed by atoms with Gasteiger partial charge in [-0.2, -0.15) is 0 Å². The summed E-state index contributed by atoms with van der Waals surface area (Å²) in [4.78, 5) is 28.3. The van der Waals surface area contributed by atoms with Crippen LogP contribution in [0.25, 0.3) is 0 Å². The van der Waals surface area contributed by atoms with E-state index in [0.29, 0.717) is 13.0 Å². The van der Waals surface area contributed by atoms with Crippen LogP contribution in [0.4, 0.5) is 4.39 Å². The number of nitrogens with zero attached hydrogens (tertiary/aromatic N) is 1. The molecule has 0 aliphatic carbocycles. The highest BCUT2D eigenvalue weighted by Crippen LogP contribution is 2.17. The van der Waals surface area contributed by atoms with Crippen molar-refractivity contribution in [3.05, 3.63) is 107 Å². The molecule has 3 rings (SSSR count). The van der Waals surface area contributed by atoms with Crippen LogP contribution in [0.1, 0.15) is 30.0 Å². The molecule has 4 nitrogen and oxygen atoms in total. The molecule has 2 amide bonds. The Kier molecular flexibility index (Phi) is 8.55. The van der Waals surface area contributed by atoms with Crippen molar-refractivity contribution in [3.63, 3.8) is 0 Å². The maximum absolute atomic E-state index is 13.5. The fraction of sp³-hybridized carbons (Fsp3) is 0.259. The number of nitrogens with one attached hydrogen (secondary N) is 1. The third-order valence-corrected chi connectivity index (χ3v) is 5.28. The van der Waals surface area contributed by atoms with Crippen LogP contribution in [0, 0.1) is 5.82 Å². The van der Waals surface area contributed by atoms with Gasteiger partial charge in [-0.05, 0) is 35.2 Å². The third kappa shape index (κ3) is 6.77. The van der Waals surface area contributed by atoms with Gasteiger partial charge in [0.25, 0.3) is 0 Å². The first-order valence-electron chi connectivity index (χ1n) is 11.0. The van der Waals surface area contributed by atoms with Gasteiger partial charge in [0.1, 0.15) is 11.9 Å². The SMILES string of the molecule is CCCNC(=O)[C@@H](Cc1ccccc1)N(Cc1ccc(F)cc1)C(=O)Cc1ccccc1. The molecule has 0 spiro atoms. The maximum atomic E-state index is 13.5. The van der Waals surface area contributed by atoms with E-state index in [0.717, 1.165) is 23.1 Å². The molecule has 0 aromatic heterocycles. The van der Waals surface area contributed by atoms with Crippen LogP contribution in [0.2, 0.25) is 0 Å². The van der Waals surface area contributed by atoms with Gasteiger partial charge in [0.15, 0.2) is 0 Å². The average Bonchev–Trinajstić information content (AvgIpc) is 2.82. The first-order valence-corrected chi connectivity index (χ1v) is 11.0. The number of carbonyl (C=O) groups is 2. The van der Waals surface area contributed by atoms with Crippen LogP contribution < -0.4 is 5.32 Å².